The van der Waals surface area contributed by atoms with Crippen LogP contribution < -0.4 is 5.32 Å². The third-order valence-electron chi connectivity index (χ3n) is 4.41. The molecule has 1 atom stereocenters. The Labute approximate surface area is 136 Å². The Balaban J connectivity index is 2.00. The van der Waals surface area contributed by atoms with Crippen LogP contribution in [0.25, 0.3) is 0 Å². The fourth-order valence-corrected chi connectivity index (χ4v) is 3.11. The summed E-state index contributed by atoms with van der Waals surface area (Å²) in [5.41, 5.74) is 1.05. The van der Waals surface area contributed by atoms with Crippen molar-refractivity contribution in [2.24, 2.45) is 0 Å². The summed E-state index contributed by atoms with van der Waals surface area (Å²) in [7, 11) is 1.84. The zero-order valence-corrected chi connectivity index (χ0v) is 13.7. The van der Waals surface area contributed by atoms with Gasteiger partial charge in [0.15, 0.2) is 5.82 Å². The van der Waals surface area contributed by atoms with Gasteiger partial charge >= 0.3 is 0 Å². The highest BCUT2D eigenvalue weighted by Crippen LogP contribution is 2.38. The Kier molecular flexibility index (Phi) is 3.98. The van der Waals surface area contributed by atoms with E-state index >= 15 is 0 Å². The van der Waals surface area contributed by atoms with E-state index in [0.29, 0.717) is 17.9 Å². The highest BCUT2D eigenvalue weighted by molar-refractivity contribution is 5.94. The first-order chi connectivity index (χ1) is 11.0. The first-order valence-electron chi connectivity index (χ1n) is 7.80. The fourth-order valence-electron chi connectivity index (χ4n) is 3.11. The summed E-state index contributed by atoms with van der Waals surface area (Å²) >= 11 is 0. The third-order valence-corrected chi connectivity index (χ3v) is 4.41. The van der Waals surface area contributed by atoms with Crippen LogP contribution in [0.5, 0.6) is 0 Å². The van der Waals surface area contributed by atoms with Gasteiger partial charge in [0.05, 0.1) is 0 Å². The average molecular weight is 311 g/mol. The molecule has 3 rings (SSSR count). The Morgan fingerprint density at radius 1 is 1.30 bits per heavy atom. The van der Waals surface area contributed by atoms with Gasteiger partial charge in [0.25, 0.3) is 5.91 Å². The number of carbonyl (C=O) groups is 1. The van der Waals surface area contributed by atoms with Gasteiger partial charge in [0, 0.05) is 43.3 Å². The Morgan fingerprint density at radius 2 is 2.04 bits per heavy atom. The second kappa shape index (κ2) is 5.95. The van der Waals surface area contributed by atoms with E-state index in [4.69, 9.17) is 0 Å². The van der Waals surface area contributed by atoms with Crippen molar-refractivity contribution < 1.29 is 4.79 Å². The third kappa shape index (κ3) is 2.76. The fraction of sp³-hybridized carbons (Fsp3) is 0.412. The molecule has 3 heterocycles. The number of rotatable bonds is 3. The lowest BCUT2D eigenvalue weighted by molar-refractivity contribution is 0.0603. The molecule has 1 saturated heterocycles. The molecule has 23 heavy (non-hydrogen) atoms. The predicted molar refractivity (Wildman–Crippen MR) is 88.2 cm³/mol. The molecule has 0 aromatic carbocycles. The van der Waals surface area contributed by atoms with Crippen LogP contribution in [0.1, 0.15) is 41.6 Å². The molecular formula is C17H21N5O. The summed E-state index contributed by atoms with van der Waals surface area (Å²) in [6, 6.07) is 5.39. The molecule has 0 radical (unpaired) electrons. The number of nitrogens with one attached hydrogen (secondary N) is 1. The SMILES string of the molecule is CNc1cc(C)nc([C@]2(C)CCCN2C(=O)c2ccncc2)n1. The monoisotopic (exact) mass is 311 g/mol. The van der Waals surface area contributed by atoms with Gasteiger partial charge in [-0.15, -0.1) is 0 Å². The lowest BCUT2D eigenvalue weighted by atomic mass is 9.96. The lowest BCUT2D eigenvalue weighted by Gasteiger charge is -2.34. The zero-order chi connectivity index (χ0) is 16.4. The summed E-state index contributed by atoms with van der Waals surface area (Å²) in [4.78, 5) is 28.0. The number of carbonyl (C=O) groups excluding carboxylic acids is 1. The first kappa shape index (κ1) is 15.4. The molecule has 120 valence electrons. The second-order valence-electron chi connectivity index (χ2n) is 6.04. The van der Waals surface area contributed by atoms with Gasteiger partial charge in [0.1, 0.15) is 11.4 Å². The minimum atomic E-state index is -0.488. The maximum Gasteiger partial charge on any atom is 0.254 e. The molecule has 0 aliphatic carbocycles. The molecule has 1 fully saturated rings. The van der Waals surface area contributed by atoms with Gasteiger partial charge in [-0.1, -0.05) is 0 Å². The van der Waals surface area contributed by atoms with E-state index in [1.807, 2.05) is 31.9 Å². The largest absolute Gasteiger partial charge is 0.373 e. The Morgan fingerprint density at radius 3 is 2.74 bits per heavy atom. The number of nitrogens with zero attached hydrogens (tertiary/aromatic N) is 4. The number of anilines is 1. The van der Waals surface area contributed by atoms with Crippen LogP contribution in [0, 0.1) is 6.92 Å². The minimum absolute atomic E-state index is 0.00325. The first-order valence-corrected chi connectivity index (χ1v) is 7.80. The molecular weight excluding hydrogens is 290 g/mol. The summed E-state index contributed by atoms with van der Waals surface area (Å²) in [5.74, 6) is 1.47. The quantitative estimate of drug-likeness (QED) is 0.942. The molecule has 1 amide bonds. The molecule has 2 aromatic rings. The van der Waals surface area contributed by atoms with Crippen molar-refractivity contribution >= 4 is 11.7 Å². The Bertz CT molecular complexity index is 718. The molecule has 0 unspecified atom stereocenters. The molecule has 1 N–H and O–H groups in total. The standard InChI is InChI=1S/C17H21N5O/c1-12-11-14(18-3)21-16(20-12)17(2)7-4-10-22(17)15(23)13-5-8-19-9-6-13/h5-6,8-9,11H,4,7,10H2,1-3H3,(H,18,20,21)/t17-/m0/s1. The number of likely N-dealkylation sites (tertiary alicyclic amines) is 1. The van der Waals surface area contributed by atoms with Gasteiger partial charge < -0.3 is 10.2 Å². The number of pyridine rings is 1. The molecule has 0 saturated carbocycles. The van der Waals surface area contributed by atoms with Crippen LogP contribution >= 0.6 is 0 Å². The Hall–Kier alpha value is -2.50. The number of aryl methyl sites for hydroxylation is 1. The van der Waals surface area contributed by atoms with E-state index in [-0.39, 0.29) is 5.91 Å². The highest BCUT2D eigenvalue weighted by atomic mass is 16.2. The van der Waals surface area contributed by atoms with Crippen LogP contribution in [0.3, 0.4) is 0 Å². The molecule has 6 heteroatoms. The van der Waals surface area contributed by atoms with Crippen molar-refractivity contribution in [3.63, 3.8) is 0 Å². The number of amides is 1. The number of aromatic nitrogens is 3. The van der Waals surface area contributed by atoms with Gasteiger partial charge in [0.2, 0.25) is 0 Å². The van der Waals surface area contributed by atoms with Gasteiger partial charge in [-0.2, -0.15) is 0 Å². The van der Waals surface area contributed by atoms with E-state index in [0.717, 1.165) is 24.4 Å². The maximum absolute atomic E-state index is 12.9. The minimum Gasteiger partial charge on any atom is -0.373 e. The summed E-state index contributed by atoms with van der Waals surface area (Å²) in [5, 5.41) is 3.06. The van der Waals surface area contributed by atoms with Gasteiger partial charge in [-0.25, -0.2) is 9.97 Å². The number of hydrogen-bond acceptors (Lipinski definition) is 5. The van der Waals surface area contributed by atoms with Crippen molar-refractivity contribution in [2.75, 3.05) is 18.9 Å². The average Bonchev–Trinajstić information content (AvgIpc) is 2.97. The topological polar surface area (TPSA) is 71.0 Å². The van der Waals surface area contributed by atoms with Crippen LogP contribution in [-0.4, -0.2) is 39.4 Å². The second-order valence-corrected chi connectivity index (χ2v) is 6.04. The molecule has 1 aliphatic heterocycles. The number of hydrogen-bond donors (Lipinski definition) is 1. The molecule has 1 aliphatic rings. The van der Waals surface area contributed by atoms with Gasteiger partial charge in [-0.3, -0.25) is 9.78 Å². The summed E-state index contributed by atoms with van der Waals surface area (Å²) in [6.07, 6.45) is 5.09. The summed E-state index contributed by atoms with van der Waals surface area (Å²) < 4.78 is 0. The van der Waals surface area contributed by atoms with Crippen LogP contribution in [0.2, 0.25) is 0 Å². The van der Waals surface area contributed by atoms with E-state index in [2.05, 4.69) is 20.3 Å². The molecule has 6 nitrogen and oxygen atoms in total. The van der Waals surface area contributed by atoms with Crippen LogP contribution in [0.4, 0.5) is 5.82 Å². The normalized spacial score (nSPS) is 20.6. The van der Waals surface area contributed by atoms with Gasteiger partial charge in [-0.05, 0) is 38.8 Å². The summed E-state index contributed by atoms with van der Waals surface area (Å²) in [6.45, 7) is 4.70. The van der Waals surface area contributed by atoms with Crippen molar-refractivity contribution in [2.45, 2.75) is 32.2 Å². The highest BCUT2D eigenvalue weighted by Gasteiger charge is 2.43. The molecule has 0 spiro atoms. The van der Waals surface area contributed by atoms with E-state index in [1.54, 1.807) is 24.5 Å². The van der Waals surface area contributed by atoms with Crippen LogP contribution in [-0.2, 0) is 5.54 Å². The molecule has 0 bridgehead atoms. The predicted octanol–water partition coefficient (Wildman–Crippen LogP) is 2.37. The van der Waals surface area contributed by atoms with Crippen LogP contribution in [0.15, 0.2) is 30.6 Å². The zero-order valence-electron chi connectivity index (χ0n) is 13.7. The van der Waals surface area contributed by atoms with Crippen molar-refractivity contribution in [3.05, 3.63) is 47.7 Å². The van der Waals surface area contributed by atoms with E-state index in [1.165, 1.54) is 0 Å². The lowest BCUT2D eigenvalue weighted by Crippen LogP contribution is -2.44. The van der Waals surface area contributed by atoms with Crippen molar-refractivity contribution in [1.29, 1.82) is 0 Å². The van der Waals surface area contributed by atoms with E-state index < -0.39 is 5.54 Å². The molecule has 2 aromatic heterocycles. The van der Waals surface area contributed by atoms with E-state index in [9.17, 15) is 4.79 Å². The van der Waals surface area contributed by atoms with Crippen molar-refractivity contribution in [3.8, 4) is 0 Å². The maximum atomic E-state index is 12.9. The van der Waals surface area contributed by atoms with Crippen molar-refractivity contribution in [1.82, 2.24) is 19.9 Å². The smallest absolute Gasteiger partial charge is 0.254 e.